The molecule has 0 radical (unpaired) electrons. The Morgan fingerprint density at radius 3 is 2.41 bits per heavy atom. The molecule has 32 heavy (non-hydrogen) atoms. The third kappa shape index (κ3) is 6.38. The van der Waals surface area contributed by atoms with Crippen molar-refractivity contribution in [2.24, 2.45) is 5.73 Å². The van der Waals surface area contributed by atoms with E-state index < -0.39 is 0 Å². The van der Waals surface area contributed by atoms with Crippen LogP contribution in [0.4, 0.5) is 0 Å². The van der Waals surface area contributed by atoms with Crippen LogP contribution >= 0.6 is 0 Å². The molecule has 7 heteroatoms. The summed E-state index contributed by atoms with van der Waals surface area (Å²) in [6.07, 6.45) is 1.02. The molecule has 2 aromatic carbocycles. The van der Waals surface area contributed by atoms with Crippen molar-refractivity contribution in [1.29, 1.82) is 0 Å². The summed E-state index contributed by atoms with van der Waals surface area (Å²) in [6.45, 7) is 5.63. The molecule has 0 saturated carbocycles. The molecule has 1 saturated heterocycles. The van der Waals surface area contributed by atoms with E-state index in [0.29, 0.717) is 12.1 Å². The summed E-state index contributed by atoms with van der Waals surface area (Å²) in [4.78, 5) is 30.6. The lowest BCUT2D eigenvalue weighted by Crippen LogP contribution is -2.48. The number of likely N-dealkylation sites (N-methyl/N-ethyl adjacent to an activating group) is 1. The first kappa shape index (κ1) is 23.9. The zero-order chi connectivity index (χ0) is 22.9. The summed E-state index contributed by atoms with van der Waals surface area (Å²) in [7, 11) is 3.48. The van der Waals surface area contributed by atoms with E-state index in [1.54, 1.807) is 19.1 Å². The predicted octanol–water partition coefficient (Wildman–Crippen LogP) is 2.07. The molecule has 0 spiro atoms. The summed E-state index contributed by atoms with van der Waals surface area (Å²) < 4.78 is 5.12. The van der Waals surface area contributed by atoms with Crippen molar-refractivity contribution >= 4 is 11.8 Å². The molecule has 7 nitrogen and oxygen atoms in total. The Morgan fingerprint density at radius 2 is 1.75 bits per heavy atom. The Bertz CT molecular complexity index is 892. The summed E-state index contributed by atoms with van der Waals surface area (Å²) >= 11 is 0. The lowest BCUT2D eigenvalue weighted by molar-refractivity contribution is -0.128. The van der Waals surface area contributed by atoms with Gasteiger partial charge in [-0.25, -0.2) is 0 Å². The van der Waals surface area contributed by atoms with Gasteiger partial charge in [-0.2, -0.15) is 0 Å². The number of hydrogen-bond donors (Lipinski definition) is 1. The highest BCUT2D eigenvalue weighted by Gasteiger charge is 2.21. The Labute approximate surface area is 190 Å². The van der Waals surface area contributed by atoms with E-state index in [1.165, 1.54) is 0 Å². The van der Waals surface area contributed by atoms with Crippen LogP contribution in [0.1, 0.15) is 22.3 Å². The first-order valence-electron chi connectivity index (χ1n) is 11.2. The van der Waals surface area contributed by atoms with Crippen LogP contribution in [-0.4, -0.2) is 86.5 Å². The molecule has 0 unspecified atom stereocenters. The zero-order valence-corrected chi connectivity index (χ0v) is 19.1. The first-order chi connectivity index (χ1) is 15.5. The SMILES string of the molecule is COCCCN1CCN(C(=O)c2ccc(-c3cccc(CN(C)C(=O)CN)c3)cc2)CC1. The second-order valence-corrected chi connectivity index (χ2v) is 8.21. The Hall–Kier alpha value is -2.74. The van der Waals surface area contributed by atoms with E-state index in [4.69, 9.17) is 10.5 Å². The van der Waals surface area contributed by atoms with Gasteiger partial charge >= 0.3 is 0 Å². The Morgan fingerprint density at radius 1 is 1.03 bits per heavy atom. The number of carbonyl (C=O) groups is 2. The fourth-order valence-corrected chi connectivity index (χ4v) is 3.96. The topological polar surface area (TPSA) is 79.1 Å². The predicted molar refractivity (Wildman–Crippen MR) is 126 cm³/mol. The van der Waals surface area contributed by atoms with Crippen molar-refractivity contribution in [3.05, 3.63) is 59.7 Å². The Balaban J connectivity index is 1.59. The highest BCUT2D eigenvalue weighted by Crippen LogP contribution is 2.22. The number of methoxy groups -OCH3 is 1. The van der Waals surface area contributed by atoms with Gasteiger partial charge in [0.15, 0.2) is 0 Å². The highest BCUT2D eigenvalue weighted by molar-refractivity contribution is 5.94. The summed E-state index contributed by atoms with van der Waals surface area (Å²) in [5.74, 6) is -0.00200. The van der Waals surface area contributed by atoms with Gasteiger partial charge < -0.3 is 20.3 Å². The fraction of sp³-hybridized carbons (Fsp3) is 0.440. The molecular weight excluding hydrogens is 404 g/mol. The second-order valence-electron chi connectivity index (χ2n) is 8.21. The van der Waals surface area contributed by atoms with Crippen LogP contribution < -0.4 is 5.73 Å². The lowest BCUT2D eigenvalue weighted by atomic mass is 10.0. The molecule has 2 N–H and O–H groups in total. The molecule has 1 heterocycles. The maximum atomic E-state index is 12.9. The highest BCUT2D eigenvalue weighted by atomic mass is 16.5. The molecule has 2 aromatic rings. The standard InChI is InChI=1S/C25H34N4O3/c1-27(24(30)18-26)19-20-5-3-6-23(17-20)21-7-9-22(10-8-21)25(31)29-14-12-28(13-15-29)11-4-16-32-2/h3,5-10,17H,4,11-16,18-19,26H2,1-2H3. The van der Waals surface area contributed by atoms with Gasteiger partial charge in [0.1, 0.15) is 0 Å². The maximum Gasteiger partial charge on any atom is 0.253 e. The zero-order valence-electron chi connectivity index (χ0n) is 19.1. The Kier molecular flexibility index (Phi) is 8.79. The smallest absolute Gasteiger partial charge is 0.253 e. The molecule has 0 atom stereocenters. The molecule has 3 rings (SSSR count). The molecule has 172 valence electrons. The van der Waals surface area contributed by atoms with E-state index >= 15 is 0 Å². The van der Waals surface area contributed by atoms with Crippen LogP contribution in [0.5, 0.6) is 0 Å². The summed E-state index contributed by atoms with van der Waals surface area (Å²) in [6, 6.07) is 15.9. The largest absolute Gasteiger partial charge is 0.385 e. The minimum Gasteiger partial charge on any atom is -0.385 e. The van der Waals surface area contributed by atoms with Crippen molar-refractivity contribution in [3.8, 4) is 11.1 Å². The number of rotatable bonds is 9. The number of piperazine rings is 1. The molecule has 1 aliphatic rings. The van der Waals surface area contributed by atoms with E-state index in [0.717, 1.165) is 62.4 Å². The van der Waals surface area contributed by atoms with Crippen LogP contribution in [-0.2, 0) is 16.1 Å². The van der Waals surface area contributed by atoms with Gasteiger partial charge in [-0.3, -0.25) is 14.5 Å². The number of amides is 2. The number of nitrogens with zero attached hydrogens (tertiary/aromatic N) is 3. The van der Waals surface area contributed by atoms with Crippen molar-refractivity contribution < 1.29 is 14.3 Å². The monoisotopic (exact) mass is 438 g/mol. The van der Waals surface area contributed by atoms with E-state index in [1.807, 2.05) is 47.4 Å². The van der Waals surface area contributed by atoms with E-state index in [-0.39, 0.29) is 18.4 Å². The quantitative estimate of drug-likeness (QED) is 0.607. The van der Waals surface area contributed by atoms with Gasteiger partial charge in [0.05, 0.1) is 6.54 Å². The van der Waals surface area contributed by atoms with Crippen LogP contribution in [0.2, 0.25) is 0 Å². The van der Waals surface area contributed by atoms with E-state index in [2.05, 4.69) is 11.0 Å². The van der Waals surface area contributed by atoms with Gasteiger partial charge in [0.25, 0.3) is 5.91 Å². The van der Waals surface area contributed by atoms with Crippen molar-refractivity contribution in [2.75, 3.05) is 60.0 Å². The van der Waals surface area contributed by atoms with Gasteiger partial charge in [0.2, 0.25) is 5.91 Å². The summed E-state index contributed by atoms with van der Waals surface area (Å²) in [5, 5.41) is 0. The number of carbonyl (C=O) groups excluding carboxylic acids is 2. The second kappa shape index (κ2) is 11.8. The van der Waals surface area contributed by atoms with Crippen molar-refractivity contribution in [3.63, 3.8) is 0 Å². The average Bonchev–Trinajstić information content (AvgIpc) is 2.84. The first-order valence-corrected chi connectivity index (χ1v) is 11.2. The normalized spacial score (nSPS) is 14.4. The number of benzene rings is 2. The third-order valence-electron chi connectivity index (χ3n) is 5.89. The van der Waals surface area contributed by atoms with Crippen LogP contribution in [0, 0.1) is 0 Å². The average molecular weight is 439 g/mol. The maximum absolute atomic E-state index is 12.9. The lowest BCUT2D eigenvalue weighted by Gasteiger charge is -2.34. The number of hydrogen-bond acceptors (Lipinski definition) is 5. The molecule has 1 aliphatic heterocycles. The van der Waals surface area contributed by atoms with Crippen LogP contribution in [0.3, 0.4) is 0 Å². The minimum atomic E-state index is -0.0888. The molecular formula is C25H34N4O3. The molecule has 1 fully saturated rings. The number of nitrogens with two attached hydrogens (primary N) is 1. The van der Waals surface area contributed by atoms with Crippen molar-refractivity contribution in [1.82, 2.24) is 14.7 Å². The van der Waals surface area contributed by atoms with Crippen LogP contribution in [0.15, 0.2) is 48.5 Å². The van der Waals surface area contributed by atoms with Crippen molar-refractivity contribution in [2.45, 2.75) is 13.0 Å². The van der Waals surface area contributed by atoms with Gasteiger partial charge in [0, 0.05) is 65.6 Å². The fourth-order valence-electron chi connectivity index (χ4n) is 3.96. The number of ether oxygens (including phenoxy) is 1. The van der Waals surface area contributed by atoms with Gasteiger partial charge in [-0.1, -0.05) is 30.3 Å². The molecule has 0 aliphatic carbocycles. The van der Waals surface area contributed by atoms with Gasteiger partial charge in [-0.15, -0.1) is 0 Å². The minimum absolute atomic E-state index is 0.00848. The molecule has 0 aromatic heterocycles. The molecule has 0 bridgehead atoms. The van der Waals surface area contributed by atoms with E-state index in [9.17, 15) is 9.59 Å². The summed E-state index contributed by atoms with van der Waals surface area (Å²) in [5.41, 5.74) is 9.29. The van der Waals surface area contributed by atoms with Crippen LogP contribution in [0.25, 0.3) is 11.1 Å². The molecule has 2 amide bonds. The van der Waals surface area contributed by atoms with Gasteiger partial charge in [-0.05, 0) is 41.3 Å². The third-order valence-corrected chi connectivity index (χ3v) is 5.89.